The lowest BCUT2D eigenvalue weighted by Gasteiger charge is -2.17. The van der Waals surface area contributed by atoms with Crippen molar-refractivity contribution in [1.29, 1.82) is 0 Å². The maximum Gasteiger partial charge on any atom is 0.0469 e. The van der Waals surface area contributed by atoms with Crippen LogP contribution in [-0.2, 0) is 4.74 Å². The number of ether oxygens (including phenoxy) is 1. The molecular formula is C12H25BrO. The summed E-state index contributed by atoms with van der Waals surface area (Å²) in [7, 11) is 0. The van der Waals surface area contributed by atoms with E-state index < -0.39 is 0 Å². The van der Waals surface area contributed by atoms with Gasteiger partial charge in [0, 0.05) is 18.0 Å². The van der Waals surface area contributed by atoms with Crippen molar-refractivity contribution in [2.75, 3.05) is 13.2 Å². The Bertz CT molecular complexity index is 123. The summed E-state index contributed by atoms with van der Waals surface area (Å²) < 4.78 is 5.61. The van der Waals surface area contributed by atoms with Gasteiger partial charge in [0.15, 0.2) is 0 Å². The monoisotopic (exact) mass is 264 g/mol. The molecule has 0 fully saturated rings. The molecule has 0 amide bonds. The first-order valence-corrected chi connectivity index (χ1v) is 6.71. The van der Waals surface area contributed by atoms with Crippen molar-refractivity contribution in [2.24, 2.45) is 11.8 Å². The summed E-state index contributed by atoms with van der Waals surface area (Å²) in [5, 5.41) is 0. The average Bonchev–Trinajstić information content (AvgIpc) is 2.10. The SMILES string of the molecule is CCC(CCOCCC(C)C)C(C)Br. The third-order valence-corrected chi connectivity index (χ3v) is 3.39. The van der Waals surface area contributed by atoms with Gasteiger partial charge in [0.2, 0.25) is 0 Å². The van der Waals surface area contributed by atoms with E-state index in [9.17, 15) is 0 Å². The minimum atomic E-state index is 0.612. The summed E-state index contributed by atoms with van der Waals surface area (Å²) in [5.41, 5.74) is 0. The van der Waals surface area contributed by atoms with E-state index in [0.717, 1.165) is 25.0 Å². The maximum atomic E-state index is 5.61. The van der Waals surface area contributed by atoms with Crippen molar-refractivity contribution in [1.82, 2.24) is 0 Å². The van der Waals surface area contributed by atoms with Crippen LogP contribution < -0.4 is 0 Å². The van der Waals surface area contributed by atoms with Crippen molar-refractivity contribution < 1.29 is 4.74 Å². The minimum absolute atomic E-state index is 0.612. The van der Waals surface area contributed by atoms with Crippen molar-refractivity contribution in [2.45, 2.75) is 51.8 Å². The Kier molecular flexibility index (Phi) is 9.00. The number of hydrogen-bond acceptors (Lipinski definition) is 1. The Morgan fingerprint density at radius 3 is 2.07 bits per heavy atom. The molecule has 0 heterocycles. The van der Waals surface area contributed by atoms with Crippen molar-refractivity contribution in [3.05, 3.63) is 0 Å². The third kappa shape index (κ3) is 7.81. The second kappa shape index (κ2) is 8.72. The zero-order valence-electron chi connectivity index (χ0n) is 10.1. The van der Waals surface area contributed by atoms with Crippen LogP contribution >= 0.6 is 15.9 Å². The summed E-state index contributed by atoms with van der Waals surface area (Å²) in [5.74, 6) is 1.51. The molecule has 2 unspecified atom stereocenters. The number of alkyl halides is 1. The molecule has 2 heteroatoms. The Hall–Kier alpha value is 0.440. The fourth-order valence-corrected chi connectivity index (χ4v) is 2.05. The summed E-state index contributed by atoms with van der Waals surface area (Å²) in [6.45, 7) is 10.8. The average molecular weight is 265 g/mol. The van der Waals surface area contributed by atoms with E-state index >= 15 is 0 Å². The Balaban J connectivity index is 3.33. The predicted molar refractivity (Wildman–Crippen MR) is 67.1 cm³/mol. The Morgan fingerprint density at radius 1 is 1.07 bits per heavy atom. The van der Waals surface area contributed by atoms with E-state index in [4.69, 9.17) is 4.74 Å². The molecule has 0 aromatic heterocycles. The summed E-state index contributed by atoms with van der Waals surface area (Å²) in [6, 6.07) is 0. The first-order chi connectivity index (χ1) is 6.57. The van der Waals surface area contributed by atoms with E-state index in [2.05, 4.69) is 43.6 Å². The Labute approximate surface area is 97.7 Å². The normalized spacial score (nSPS) is 15.9. The van der Waals surface area contributed by atoms with E-state index in [1.54, 1.807) is 0 Å². The molecule has 0 aromatic carbocycles. The van der Waals surface area contributed by atoms with E-state index in [-0.39, 0.29) is 0 Å². The van der Waals surface area contributed by atoms with Crippen LogP contribution in [0.5, 0.6) is 0 Å². The van der Waals surface area contributed by atoms with Crippen LogP contribution in [0.1, 0.15) is 47.0 Å². The van der Waals surface area contributed by atoms with Gasteiger partial charge in [-0.1, -0.05) is 50.0 Å². The molecule has 0 rings (SSSR count). The molecule has 0 N–H and O–H groups in total. The molecule has 2 atom stereocenters. The van der Waals surface area contributed by atoms with Crippen molar-refractivity contribution in [3.63, 3.8) is 0 Å². The fraction of sp³-hybridized carbons (Fsp3) is 1.00. The molecule has 0 saturated carbocycles. The molecule has 14 heavy (non-hydrogen) atoms. The van der Waals surface area contributed by atoms with E-state index in [1.807, 2.05) is 0 Å². The molecule has 86 valence electrons. The highest BCUT2D eigenvalue weighted by Crippen LogP contribution is 2.19. The highest BCUT2D eigenvalue weighted by Gasteiger charge is 2.11. The number of rotatable bonds is 8. The van der Waals surface area contributed by atoms with Crippen LogP contribution in [-0.4, -0.2) is 18.0 Å². The molecule has 0 spiro atoms. The lowest BCUT2D eigenvalue weighted by molar-refractivity contribution is 0.110. The van der Waals surface area contributed by atoms with Crippen LogP contribution in [0, 0.1) is 11.8 Å². The number of hydrogen-bond donors (Lipinski definition) is 0. The summed E-state index contributed by atoms with van der Waals surface area (Å²) >= 11 is 3.64. The standard InChI is InChI=1S/C12H25BrO/c1-5-12(11(4)13)7-9-14-8-6-10(2)3/h10-12H,5-9H2,1-4H3. The smallest absolute Gasteiger partial charge is 0.0469 e. The van der Waals surface area contributed by atoms with Crippen LogP contribution in [0.15, 0.2) is 0 Å². The van der Waals surface area contributed by atoms with Gasteiger partial charge in [-0.05, 0) is 24.7 Å². The van der Waals surface area contributed by atoms with Gasteiger partial charge in [0.05, 0.1) is 0 Å². The molecular weight excluding hydrogens is 240 g/mol. The van der Waals surface area contributed by atoms with Crippen LogP contribution in [0.25, 0.3) is 0 Å². The highest BCUT2D eigenvalue weighted by atomic mass is 79.9. The van der Waals surface area contributed by atoms with Gasteiger partial charge in [-0.2, -0.15) is 0 Å². The van der Waals surface area contributed by atoms with Gasteiger partial charge in [-0.15, -0.1) is 0 Å². The van der Waals surface area contributed by atoms with Crippen LogP contribution in [0.3, 0.4) is 0 Å². The van der Waals surface area contributed by atoms with Gasteiger partial charge in [0.25, 0.3) is 0 Å². The van der Waals surface area contributed by atoms with Gasteiger partial charge < -0.3 is 4.74 Å². The molecule has 0 aliphatic carbocycles. The lowest BCUT2D eigenvalue weighted by Crippen LogP contribution is -2.13. The second-order valence-corrected chi connectivity index (χ2v) is 5.87. The third-order valence-electron chi connectivity index (χ3n) is 2.65. The highest BCUT2D eigenvalue weighted by molar-refractivity contribution is 9.09. The summed E-state index contributed by atoms with van der Waals surface area (Å²) in [4.78, 5) is 0.612. The van der Waals surface area contributed by atoms with Crippen LogP contribution in [0.4, 0.5) is 0 Å². The van der Waals surface area contributed by atoms with E-state index in [0.29, 0.717) is 4.83 Å². The molecule has 0 aliphatic rings. The quantitative estimate of drug-likeness (QED) is 0.471. The number of halogens is 1. The van der Waals surface area contributed by atoms with Gasteiger partial charge in [0.1, 0.15) is 0 Å². The first-order valence-electron chi connectivity index (χ1n) is 5.79. The van der Waals surface area contributed by atoms with E-state index in [1.165, 1.54) is 19.3 Å². The maximum absolute atomic E-state index is 5.61. The van der Waals surface area contributed by atoms with Gasteiger partial charge in [-0.3, -0.25) is 0 Å². The molecule has 0 aromatic rings. The fourth-order valence-electron chi connectivity index (χ4n) is 1.41. The lowest BCUT2D eigenvalue weighted by atomic mass is 10.0. The second-order valence-electron chi connectivity index (χ2n) is 4.43. The van der Waals surface area contributed by atoms with Crippen molar-refractivity contribution in [3.8, 4) is 0 Å². The summed E-state index contributed by atoms with van der Waals surface area (Å²) in [6.07, 6.45) is 3.60. The molecule has 0 radical (unpaired) electrons. The Morgan fingerprint density at radius 2 is 1.64 bits per heavy atom. The zero-order chi connectivity index (χ0) is 11.0. The molecule has 0 bridgehead atoms. The largest absolute Gasteiger partial charge is 0.381 e. The predicted octanol–water partition coefficient (Wildman–Crippen LogP) is 4.25. The molecule has 0 aliphatic heterocycles. The van der Waals surface area contributed by atoms with Gasteiger partial charge in [-0.25, -0.2) is 0 Å². The first kappa shape index (κ1) is 14.4. The molecule has 0 saturated heterocycles. The minimum Gasteiger partial charge on any atom is -0.381 e. The van der Waals surface area contributed by atoms with Crippen molar-refractivity contribution >= 4 is 15.9 Å². The molecule has 1 nitrogen and oxygen atoms in total. The van der Waals surface area contributed by atoms with Gasteiger partial charge >= 0.3 is 0 Å². The van der Waals surface area contributed by atoms with Crippen LogP contribution in [0.2, 0.25) is 0 Å². The topological polar surface area (TPSA) is 9.23 Å². The zero-order valence-corrected chi connectivity index (χ0v) is 11.6.